The van der Waals surface area contributed by atoms with Gasteiger partial charge in [-0.1, -0.05) is 6.07 Å². The molecule has 0 atom stereocenters. The maximum atomic E-state index is 11.8. The Hall–Kier alpha value is -0.650. The van der Waals surface area contributed by atoms with Gasteiger partial charge in [0.25, 0.3) is 0 Å². The summed E-state index contributed by atoms with van der Waals surface area (Å²) in [5.41, 5.74) is 7.65. The van der Waals surface area contributed by atoms with Gasteiger partial charge in [0, 0.05) is 23.7 Å². The summed E-state index contributed by atoms with van der Waals surface area (Å²) in [6.45, 7) is 1.16. The molecule has 0 saturated carbocycles. The quantitative estimate of drug-likeness (QED) is 0.804. The SMILES string of the molecule is NCc1ccc2c(c1)N(CCS)C(=O)CS2. The zero-order chi connectivity index (χ0) is 11.5. The first-order chi connectivity index (χ1) is 7.76. The fourth-order valence-corrected chi connectivity index (χ4v) is 2.84. The van der Waals surface area contributed by atoms with Crippen LogP contribution in [0.2, 0.25) is 0 Å². The monoisotopic (exact) mass is 254 g/mol. The van der Waals surface area contributed by atoms with Crippen molar-refractivity contribution in [3.63, 3.8) is 0 Å². The lowest BCUT2D eigenvalue weighted by atomic mass is 10.2. The molecule has 3 nitrogen and oxygen atoms in total. The van der Waals surface area contributed by atoms with E-state index in [0.717, 1.165) is 16.1 Å². The Morgan fingerprint density at radius 2 is 2.31 bits per heavy atom. The van der Waals surface area contributed by atoms with Gasteiger partial charge in [-0.2, -0.15) is 12.6 Å². The number of hydrogen-bond donors (Lipinski definition) is 2. The molecule has 1 aromatic carbocycles. The van der Waals surface area contributed by atoms with E-state index in [4.69, 9.17) is 5.73 Å². The Balaban J connectivity index is 2.39. The van der Waals surface area contributed by atoms with Gasteiger partial charge in [0.2, 0.25) is 5.91 Å². The average Bonchev–Trinajstić information content (AvgIpc) is 2.32. The van der Waals surface area contributed by atoms with Crippen molar-refractivity contribution in [3.05, 3.63) is 23.8 Å². The number of carbonyl (C=O) groups is 1. The Bertz CT molecular complexity index is 409. The van der Waals surface area contributed by atoms with E-state index < -0.39 is 0 Å². The highest BCUT2D eigenvalue weighted by molar-refractivity contribution is 8.00. The molecule has 16 heavy (non-hydrogen) atoms. The van der Waals surface area contributed by atoms with Crippen molar-refractivity contribution in [2.24, 2.45) is 5.73 Å². The van der Waals surface area contributed by atoms with E-state index in [0.29, 0.717) is 24.6 Å². The average molecular weight is 254 g/mol. The smallest absolute Gasteiger partial charge is 0.237 e. The molecule has 0 fully saturated rings. The fraction of sp³-hybridized carbons (Fsp3) is 0.364. The molecule has 1 amide bonds. The number of hydrogen-bond acceptors (Lipinski definition) is 4. The minimum Gasteiger partial charge on any atom is -0.326 e. The molecule has 2 rings (SSSR count). The van der Waals surface area contributed by atoms with Crippen LogP contribution in [-0.4, -0.2) is 24.0 Å². The molecule has 86 valence electrons. The van der Waals surface area contributed by atoms with E-state index in [1.807, 2.05) is 18.2 Å². The molecule has 0 bridgehead atoms. The van der Waals surface area contributed by atoms with E-state index in [1.54, 1.807) is 16.7 Å². The number of nitrogens with two attached hydrogens (primary N) is 1. The van der Waals surface area contributed by atoms with Crippen LogP contribution in [0.15, 0.2) is 23.1 Å². The molecule has 1 aliphatic rings. The molecule has 1 aliphatic heterocycles. The maximum Gasteiger partial charge on any atom is 0.237 e. The van der Waals surface area contributed by atoms with Crippen molar-refractivity contribution in [2.45, 2.75) is 11.4 Å². The fourth-order valence-electron chi connectivity index (χ4n) is 1.72. The summed E-state index contributed by atoms with van der Waals surface area (Å²) in [5, 5.41) is 0. The third kappa shape index (κ3) is 2.21. The van der Waals surface area contributed by atoms with Crippen LogP contribution in [0.3, 0.4) is 0 Å². The first-order valence-corrected chi connectivity index (χ1v) is 6.75. The standard InChI is InChI=1S/C11H14N2OS2/c12-6-8-1-2-10-9(5-8)13(3-4-15)11(14)7-16-10/h1-2,5,15H,3-4,6-7,12H2. The van der Waals surface area contributed by atoms with Crippen LogP contribution in [0.25, 0.3) is 0 Å². The van der Waals surface area contributed by atoms with Crippen LogP contribution >= 0.6 is 24.4 Å². The molecule has 1 heterocycles. The number of anilines is 1. The van der Waals surface area contributed by atoms with Gasteiger partial charge in [0.15, 0.2) is 0 Å². The summed E-state index contributed by atoms with van der Waals surface area (Å²) in [4.78, 5) is 14.7. The number of thiol groups is 1. The summed E-state index contributed by atoms with van der Waals surface area (Å²) in [6.07, 6.45) is 0. The topological polar surface area (TPSA) is 46.3 Å². The van der Waals surface area contributed by atoms with Gasteiger partial charge in [-0.05, 0) is 17.7 Å². The molecule has 0 radical (unpaired) electrons. The van der Waals surface area contributed by atoms with Crippen LogP contribution < -0.4 is 10.6 Å². The van der Waals surface area contributed by atoms with Crippen molar-refractivity contribution in [1.29, 1.82) is 0 Å². The van der Waals surface area contributed by atoms with Gasteiger partial charge in [-0.15, -0.1) is 11.8 Å². The minimum atomic E-state index is 0.153. The van der Waals surface area contributed by atoms with E-state index >= 15 is 0 Å². The van der Waals surface area contributed by atoms with Crippen molar-refractivity contribution < 1.29 is 4.79 Å². The second-order valence-corrected chi connectivity index (χ2v) is 5.03. The summed E-state index contributed by atoms with van der Waals surface area (Å²) < 4.78 is 0. The molecular formula is C11H14N2OS2. The van der Waals surface area contributed by atoms with E-state index in [1.165, 1.54) is 0 Å². The zero-order valence-corrected chi connectivity index (χ0v) is 10.6. The number of rotatable bonds is 3. The second kappa shape index (κ2) is 5.12. The summed E-state index contributed by atoms with van der Waals surface area (Å²) in [6, 6.07) is 6.06. The van der Waals surface area contributed by atoms with E-state index in [-0.39, 0.29) is 5.91 Å². The predicted molar refractivity (Wildman–Crippen MR) is 71.3 cm³/mol. The lowest BCUT2D eigenvalue weighted by Crippen LogP contribution is -2.36. The van der Waals surface area contributed by atoms with Gasteiger partial charge in [0.05, 0.1) is 11.4 Å². The van der Waals surface area contributed by atoms with Gasteiger partial charge in [-0.25, -0.2) is 0 Å². The molecule has 5 heteroatoms. The van der Waals surface area contributed by atoms with E-state index in [2.05, 4.69) is 12.6 Å². The van der Waals surface area contributed by atoms with Gasteiger partial charge in [0.1, 0.15) is 0 Å². The third-order valence-electron chi connectivity index (χ3n) is 2.53. The van der Waals surface area contributed by atoms with Crippen LogP contribution in [-0.2, 0) is 11.3 Å². The van der Waals surface area contributed by atoms with Crippen LogP contribution in [0.5, 0.6) is 0 Å². The van der Waals surface area contributed by atoms with E-state index in [9.17, 15) is 4.79 Å². The Morgan fingerprint density at radius 1 is 1.50 bits per heavy atom. The molecular weight excluding hydrogens is 240 g/mol. The van der Waals surface area contributed by atoms with Gasteiger partial charge < -0.3 is 10.6 Å². The number of nitrogens with zero attached hydrogens (tertiary/aromatic N) is 1. The van der Waals surface area contributed by atoms with Crippen LogP contribution in [0.4, 0.5) is 5.69 Å². The maximum absolute atomic E-state index is 11.8. The van der Waals surface area contributed by atoms with Crippen molar-refractivity contribution in [1.82, 2.24) is 0 Å². The lowest BCUT2D eigenvalue weighted by Gasteiger charge is -2.28. The number of benzene rings is 1. The number of amides is 1. The molecule has 0 aromatic heterocycles. The predicted octanol–water partition coefficient (Wildman–Crippen LogP) is 1.51. The Kier molecular flexibility index (Phi) is 3.78. The highest BCUT2D eigenvalue weighted by Gasteiger charge is 2.23. The number of fused-ring (bicyclic) bond motifs is 1. The summed E-state index contributed by atoms with van der Waals surface area (Å²) in [7, 11) is 0. The van der Waals surface area contributed by atoms with Crippen molar-refractivity contribution >= 4 is 36.0 Å². The van der Waals surface area contributed by atoms with Gasteiger partial charge >= 0.3 is 0 Å². The van der Waals surface area contributed by atoms with Crippen LogP contribution in [0, 0.1) is 0 Å². The molecule has 0 spiro atoms. The minimum absolute atomic E-state index is 0.153. The molecule has 0 aliphatic carbocycles. The molecule has 1 aromatic rings. The zero-order valence-electron chi connectivity index (χ0n) is 8.85. The first kappa shape index (κ1) is 11.8. The highest BCUT2D eigenvalue weighted by Crippen LogP contribution is 2.35. The van der Waals surface area contributed by atoms with Crippen molar-refractivity contribution in [2.75, 3.05) is 23.0 Å². The normalized spacial score (nSPS) is 15.1. The largest absolute Gasteiger partial charge is 0.326 e. The Labute approximate surface area is 105 Å². The highest BCUT2D eigenvalue weighted by atomic mass is 32.2. The molecule has 0 saturated heterocycles. The summed E-state index contributed by atoms with van der Waals surface area (Å²) in [5.74, 6) is 1.34. The first-order valence-electron chi connectivity index (χ1n) is 5.13. The number of thioether (sulfide) groups is 1. The molecule has 2 N–H and O–H groups in total. The number of carbonyl (C=O) groups excluding carboxylic acids is 1. The van der Waals surface area contributed by atoms with Crippen LogP contribution in [0.1, 0.15) is 5.56 Å². The van der Waals surface area contributed by atoms with Gasteiger partial charge in [-0.3, -0.25) is 4.79 Å². The lowest BCUT2D eigenvalue weighted by molar-refractivity contribution is -0.116. The molecule has 0 unspecified atom stereocenters. The Morgan fingerprint density at radius 3 is 3.00 bits per heavy atom. The third-order valence-corrected chi connectivity index (χ3v) is 3.77. The second-order valence-electron chi connectivity index (χ2n) is 3.56. The van der Waals surface area contributed by atoms with Crippen molar-refractivity contribution in [3.8, 4) is 0 Å². The summed E-state index contributed by atoms with van der Waals surface area (Å²) >= 11 is 5.78.